The monoisotopic (exact) mass is 222 g/mol. The minimum atomic E-state index is 0.216. The van der Waals surface area contributed by atoms with Crippen LogP contribution < -0.4 is 0 Å². The summed E-state index contributed by atoms with van der Waals surface area (Å²) in [4.78, 5) is 0. The van der Waals surface area contributed by atoms with Crippen molar-refractivity contribution in [3.63, 3.8) is 0 Å². The van der Waals surface area contributed by atoms with Gasteiger partial charge in [-0.2, -0.15) is 0 Å². The van der Waals surface area contributed by atoms with Gasteiger partial charge in [0.15, 0.2) is 0 Å². The highest BCUT2D eigenvalue weighted by Gasteiger charge is 2.23. The molecule has 0 saturated carbocycles. The molecule has 76 valence electrons. The predicted molar refractivity (Wildman–Crippen MR) is 54.2 cm³/mol. The Morgan fingerprint density at radius 1 is 0.923 bits per heavy atom. The molecule has 0 aromatic heterocycles. The van der Waals surface area contributed by atoms with E-state index in [0.717, 1.165) is 38.9 Å². The summed E-state index contributed by atoms with van der Waals surface area (Å²) >= 11 is 2.93. The summed E-state index contributed by atoms with van der Waals surface area (Å²) < 4.78 is 16.3. The van der Waals surface area contributed by atoms with Crippen LogP contribution in [0.5, 0.6) is 0 Å². The van der Waals surface area contributed by atoms with Gasteiger partial charge in [0.05, 0.1) is 13.2 Å². The fraction of sp³-hybridized carbons (Fsp3) is 1.00. The molecule has 2 rings (SSSR count). The summed E-state index contributed by atoms with van der Waals surface area (Å²) in [5.74, 6) is 0. The highest BCUT2D eigenvalue weighted by molar-refractivity contribution is 7.95. The second-order valence-corrected chi connectivity index (χ2v) is 5.02. The normalized spacial score (nSPS) is 36.0. The summed E-state index contributed by atoms with van der Waals surface area (Å²) in [7, 11) is 0. The molecule has 0 aliphatic carbocycles. The average molecular weight is 222 g/mol. The van der Waals surface area contributed by atoms with Gasteiger partial charge in [0.1, 0.15) is 10.9 Å². The zero-order valence-electron chi connectivity index (χ0n) is 7.44. The molecule has 2 fully saturated rings. The first kappa shape index (κ1) is 10.1. The van der Waals surface area contributed by atoms with Crippen molar-refractivity contribution in [3.8, 4) is 0 Å². The first-order valence-electron chi connectivity index (χ1n) is 4.67. The standard InChI is InChI=1S/C8H14O3S2/c1-3-7(12-9-5-1)11-8-4-2-6-10-13-8/h7-8H,1-6H2. The van der Waals surface area contributed by atoms with Gasteiger partial charge in [-0.1, -0.05) is 0 Å². The van der Waals surface area contributed by atoms with Crippen molar-refractivity contribution in [1.82, 2.24) is 0 Å². The minimum absolute atomic E-state index is 0.216. The molecule has 5 heteroatoms. The molecule has 3 nitrogen and oxygen atoms in total. The molecular weight excluding hydrogens is 208 g/mol. The van der Waals surface area contributed by atoms with Gasteiger partial charge in [-0.25, -0.2) is 0 Å². The maximum Gasteiger partial charge on any atom is 0.130 e. The summed E-state index contributed by atoms with van der Waals surface area (Å²) in [6, 6.07) is 0. The zero-order chi connectivity index (χ0) is 8.93. The van der Waals surface area contributed by atoms with Crippen LogP contribution in [0.4, 0.5) is 0 Å². The highest BCUT2D eigenvalue weighted by atomic mass is 32.2. The second-order valence-electron chi connectivity index (χ2n) is 3.12. The maximum absolute atomic E-state index is 5.81. The van der Waals surface area contributed by atoms with Crippen LogP contribution in [0.3, 0.4) is 0 Å². The molecule has 0 spiro atoms. The van der Waals surface area contributed by atoms with Crippen molar-refractivity contribution in [2.45, 2.75) is 36.6 Å². The van der Waals surface area contributed by atoms with Crippen molar-refractivity contribution in [1.29, 1.82) is 0 Å². The number of hydrogen-bond acceptors (Lipinski definition) is 5. The van der Waals surface area contributed by atoms with E-state index >= 15 is 0 Å². The summed E-state index contributed by atoms with van der Waals surface area (Å²) in [6.45, 7) is 1.72. The van der Waals surface area contributed by atoms with E-state index in [2.05, 4.69) is 0 Å². The van der Waals surface area contributed by atoms with Crippen LogP contribution in [0, 0.1) is 0 Å². The Morgan fingerprint density at radius 2 is 1.46 bits per heavy atom. The third-order valence-electron chi connectivity index (χ3n) is 1.99. The number of rotatable bonds is 2. The largest absolute Gasteiger partial charge is 0.349 e. The van der Waals surface area contributed by atoms with Gasteiger partial charge in [-0.05, 0) is 25.7 Å². The highest BCUT2D eigenvalue weighted by Crippen LogP contribution is 2.32. The number of ether oxygens (including phenoxy) is 1. The van der Waals surface area contributed by atoms with Crippen molar-refractivity contribution in [2.24, 2.45) is 0 Å². The Hall–Kier alpha value is 0.580. The van der Waals surface area contributed by atoms with E-state index in [1.54, 1.807) is 0 Å². The molecule has 2 atom stereocenters. The SMILES string of the molecule is C1COSC(OC2CCCOS2)C1. The number of hydrogen-bond donors (Lipinski definition) is 0. The second kappa shape index (κ2) is 5.46. The lowest BCUT2D eigenvalue weighted by Crippen LogP contribution is -2.23. The molecule has 0 N–H and O–H groups in total. The van der Waals surface area contributed by atoms with E-state index in [0.29, 0.717) is 0 Å². The first-order valence-corrected chi connectivity index (χ1v) is 6.28. The predicted octanol–water partition coefficient (Wildman–Crippen LogP) is 2.57. The molecular formula is C8H14O3S2. The third-order valence-corrected chi connectivity index (χ3v) is 3.72. The lowest BCUT2D eigenvalue weighted by atomic mass is 10.3. The summed E-state index contributed by atoms with van der Waals surface area (Å²) in [5.41, 5.74) is 0.431. The fourth-order valence-electron chi connectivity index (χ4n) is 1.31. The van der Waals surface area contributed by atoms with Crippen molar-refractivity contribution >= 4 is 24.1 Å². The Kier molecular flexibility index (Phi) is 4.24. The van der Waals surface area contributed by atoms with Crippen LogP contribution in [0.25, 0.3) is 0 Å². The molecule has 2 aliphatic heterocycles. The van der Waals surface area contributed by atoms with Crippen molar-refractivity contribution < 1.29 is 13.1 Å². The van der Waals surface area contributed by atoms with Gasteiger partial charge in [0.2, 0.25) is 0 Å². The van der Waals surface area contributed by atoms with Crippen LogP contribution in [0.2, 0.25) is 0 Å². The molecule has 0 amide bonds. The fourth-order valence-corrected chi connectivity index (χ4v) is 3.00. The third kappa shape index (κ3) is 3.32. The molecule has 2 aliphatic rings. The first-order chi connectivity index (χ1) is 6.45. The molecule has 0 radical (unpaired) electrons. The summed E-state index contributed by atoms with van der Waals surface area (Å²) in [6.07, 6.45) is 4.41. The van der Waals surface area contributed by atoms with E-state index in [9.17, 15) is 0 Å². The Morgan fingerprint density at radius 3 is 1.85 bits per heavy atom. The van der Waals surface area contributed by atoms with Gasteiger partial charge < -0.3 is 13.1 Å². The topological polar surface area (TPSA) is 27.7 Å². The van der Waals surface area contributed by atoms with Crippen LogP contribution in [-0.4, -0.2) is 24.1 Å². The molecule has 2 unspecified atom stereocenters. The van der Waals surface area contributed by atoms with Crippen molar-refractivity contribution in [3.05, 3.63) is 0 Å². The van der Waals surface area contributed by atoms with Crippen molar-refractivity contribution in [2.75, 3.05) is 13.2 Å². The Bertz CT molecular complexity index is 128. The van der Waals surface area contributed by atoms with E-state index in [1.165, 1.54) is 24.1 Å². The molecule has 13 heavy (non-hydrogen) atoms. The van der Waals surface area contributed by atoms with Crippen LogP contribution in [0.1, 0.15) is 25.7 Å². The minimum Gasteiger partial charge on any atom is -0.349 e. The molecule has 0 aromatic rings. The van der Waals surface area contributed by atoms with Crippen LogP contribution >= 0.6 is 24.1 Å². The molecule has 2 heterocycles. The van der Waals surface area contributed by atoms with Gasteiger partial charge in [0, 0.05) is 24.1 Å². The summed E-state index contributed by atoms with van der Waals surface area (Å²) in [5, 5.41) is 0. The maximum atomic E-state index is 5.81. The van der Waals surface area contributed by atoms with E-state index in [-0.39, 0.29) is 10.9 Å². The molecule has 0 aromatic carbocycles. The van der Waals surface area contributed by atoms with Gasteiger partial charge in [-0.3, -0.25) is 0 Å². The Labute approximate surface area is 87.3 Å². The van der Waals surface area contributed by atoms with Gasteiger partial charge >= 0.3 is 0 Å². The Balaban J connectivity index is 1.69. The van der Waals surface area contributed by atoms with Crippen LogP contribution in [-0.2, 0) is 13.1 Å². The quantitative estimate of drug-likeness (QED) is 0.669. The zero-order valence-corrected chi connectivity index (χ0v) is 9.07. The van der Waals surface area contributed by atoms with E-state index < -0.39 is 0 Å². The van der Waals surface area contributed by atoms with E-state index in [4.69, 9.17) is 13.1 Å². The lowest BCUT2D eigenvalue weighted by molar-refractivity contribution is 0.0506. The average Bonchev–Trinajstić information content (AvgIpc) is 2.21. The van der Waals surface area contributed by atoms with Gasteiger partial charge in [-0.15, -0.1) is 0 Å². The molecule has 0 bridgehead atoms. The van der Waals surface area contributed by atoms with Gasteiger partial charge in [0.25, 0.3) is 0 Å². The lowest BCUT2D eigenvalue weighted by Gasteiger charge is -2.27. The molecule has 2 saturated heterocycles. The van der Waals surface area contributed by atoms with Crippen LogP contribution in [0.15, 0.2) is 0 Å². The smallest absolute Gasteiger partial charge is 0.130 e. The van der Waals surface area contributed by atoms with E-state index in [1.807, 2.05) is 0 Å².